The lowest BCUT2D eigenvalue weighted by Crippen LogP contribution is -2.57. The highest BCUT2D eigenvalue weighted by atomic mass is 16.4. The maximum absolute atomic E-state index is 13.0. The van der Waals surface area contributed by atoms with Crippen LogP contribution in [0.2, 0.25) is 0 Å². The topological polar surface area (TPSA) is 270 Å². The van der Waals surface area contributed by atoms with E-state index in [0.717, 1.165) is 6.42 Å². The van der Waals surface area contributed by atoms with E-state index in [1.165, 1.54) is 0 Å². The summed E-state index contributed by atoms with van der Waals surface area (Å²) in [6.45, 7) is 1.25. The van der Waals surface area contributed by atoms with Crippen LogP contribution in [-0.2, 0) is 24.0 Å². The highest BCUT2D eigenvalue weighted by Crippen LogP contribution is 2.08. The first-order chi connectivity index (χ1) is 17.0. The fraction of sp³-hybridized carbons (Fsp3) is 0.714. The van der Waals surface area contributed by atoms with Gasteiger partial charge in [0, 0.05) is 6.54 Å². The minimum Gasteiger partial charge on any atom is -0.480 e. The van der Waals surface area contributed by atoms with Gasteiger partial charge in [-0.3, -0.25) is 24.2 Å². The fourth-order valence-electron chi connectivity index (χ4n) is 3.66. The lowest BCUT2D eigenvalue weighted by molar-refractivity contribution is -0.142. The number of primary amides is 1. The van der Waals surface area contributed by atoms with Crippen molar-refractivity contribution in [2.75, 3.05) is 19.6 Å². The number of nitrogens with two attached hydrogens (primary N) is 4. The van der Waals surface area contributed by atoms with Gasteiger partial charge >= 0.3 is 5.97 Å². The molecule has 15 nitrogen and oxygen atoms in total. The standard InChI is InChI=1S/C21H39N9O6/c22-8-2-1-5-13(28-17(32)12-6-3-9-26-12)18(33)30-15(11-16(23)31)19(34)29-14(20(35)36)7-4-10-27-21(24)25/h12-15,26H,1-11,22H2,(H2,23,31)(H,28,32)(H,29,34)(H,30,33)(H,35,36)(H4,24,25,27). The van der Waals surface area contributed by atoms with Crippen molar-refractivity contribution < 1.29 is 29.1 Å². The number of nitrogens with zero attached hydrogens (tertiary/aromatic N) is 1. The number of hydrogen-bond donors (Lipinski definition) is 9. The normalized spacial score (nSPS) is 17.3. The van der Waals surface area contributed by atoms with Crippen molar-refractivity contribution in [2.45, 2.75) is 75.5 Å². The van der Waals surface area contributed by atoms with E-state index in [1.807, 2.05) is 0 Å². The summed E-state index contributed by atoms with van der Waals surface area (Å²) in [6, 6.07) is -4.15. The van der Waals surface area contributed by atoms with Crippen LogP contribution in [0.5, 0.6) is 0 Å². The Balaban J connectivity index is 2.88. The third kappa shape index (κ3) is 11.8. The van der Waals surface area contributed by atoms with Crippen LogP contribution in [0, 0.1) is 0 Å². The van der Waals surface area contributed by atoms with Crippen LogP contribution in [0.4, 0.5) is 0 Å². The van der Waals surface area contributed by atoms with Gasteiger partial charge in [0.2, 0.25) is 23.6 Å². The number of amides is 4. The molecule has 36 heavy (non-hydrogen) atoms. The molecule has 15 heteroatoms. The molecule has 204 valence electrons. The van der Waals surface area contributed by atoms with Gasteiger partial charge in [0.05, 0.1) is 12.5 Å². The van der Waals surface area contributed by atoms with Gasteiger partial charge in [-0.25, -0.2) is 4.79 Å². The van der Waals surface area contributed by atoms with E-state index >= 15 is 0 Å². The minimum atomic E-state index is -1.44. The van der Waals surface area contributed by atoms with Gasteiger partial charge in [0.1, 0.15) is 18.1 Å². The molecule has 1 aliphatic heterocycles. The second kappa shape index (κ2) is 16.3. The molecule has 0 saturated carbocycles. The molecular weight excluding hydrogens is 474 g/mol. The summed E-state index contributed by atoms with van der Waals surface area (Å²) in [7, 11) is 0. The third-order valence-electron chi connectivity index (χ3n) is 5.55. The van der Waals surface area contributed by atoms with Crippen molar-refractivity contribution >= 4 is 35.6 Å². The number of hydrogen-bond acceptors (Lipinski definition) is 8. The van der Waals surface area contributed by atoms with Crippen LogP contribution < -0.4 is 44.2 Å². The van der Waals surface area contributed by atoms with Crippen molar-refractivity contribution in [1.29, 1.82) is 0 Å². The van der Waals surface area contributed by atoms with Gasteiger partial charge in [-0.05, 0) is 58.0 Å². The van der Waals surface area contributed by atoms with Crippen LogP contribution in [0.25, 0.3) is 0 Å². The van der Waals surface area contributed by atoms with Crippen LogP contribution in [0.1, 0.15) is 51.4 Å². The largest absolute Gasteiger partial charge is 0.480 e. The molecule has 1 aliphatic rings. The predicted molar refractivity (Wildman–Crippen MR) is 131 cm³/mol. The number of carboxylic acids is 1. The molecule has 1 rings (SSSR count). The summed E-state index contributed by atoms with van der Waals surface area (Å²) in [6.07, 6.45) is 2.58. The Morgan fingerprint density at radius 2 is 1.56 bits per heavy atom. The summed E-state index contributed by atoms with van der Waals surface area (Å²) in [5.74, 6) is -4.28. The lowest BCUT2D eigenvalue weighted by atomic mass is 10.1. The highest BCUT2D eigenvalue weighted by Gasteiger charge is 2.32. The molecule has 4 atom stereocenters. The molecule has 1 fully saturated rings. The Bertz CT molecular complexity index is 797. The number of carbonyl (C=O) groups is 5. The minimum absolute atomic E-state index is 0.00124. The van der Waals surface area contributed by atoms with Crippen LogP contribution in [-0.4, -0.2) is 84.5 Å². The Morgan fingerprint density at radius 3 is 2.11 bits per heavy atom. The van der Waals surface area contributed by atoms with E-state index in [-0.39, 0.29) is 37.7 Å². The average Bonchev–Trinajstić information content (AvgIpc) is 3.34. The molecule has 13 N–H and O–H groups in total. The second-order valence-electron chi connectivity index (χ2n) is 8.57. The number of carboxylic acid groups (broad SMARTS) is 1. The van der Waals surface area contributed by atoms with E-state index < -0.39 is 54.3 Å². The lowest BCUT2D eigenvalue weighted by Gasteiger charge is -2.25. The summed E-state index contributed by atoms with van der Waals surface area (Å²) in [5, 5.41) is 19.9. The van der Waals surface area contributed by atoms with Gasteiger partial charge in [-0.2, -0.15) is 0 Å². The number of nitrogens with one attached hydrogen (secondary N) is 4. The fourth-order valence-corrected chi connectivity index (χ4v) is 3.66. The van der Waals surface area contributed by atoms with Crippen molar-refractivity contribution in [3.05, 3.63) is 0 Å². The predicted octanol–water partition coefficient (Wildman–Crippen LogP) is -3.66. The maximum Gasteiger partial charge on any atom is 0.326 e. The number of carbonyl (C=O) groups excluding carboxylic acids is 4. The van der Waals surface area contributed by atoms with E-state index in [0.29, 0.717) is 32.4 Å². The molecule has 4 unspecified atom stereocenters. The molecule has 0 bridgehead atoms. The van der Waals surface area contributed by atoms with Crippen LogP contribution in [0.3, 0.4) is 0 Å². The molecule has 0 spiro atoms. The molecule has 0 radical (unpaired) electrons. The van der Waals surface area contributed by atoms with Crippen molar-refractivity contribution in [3.8, 4) is 0 Å². The smallest absolute Gasteiger partial charge is 0.326 e. The zero-order valence-corrected chi connectivity index (χ0v) is 20.3. The average molecular weight is 514 g/mol. The van der Waals surface area contributed by atoms with Gasteiger partial charge in [0.15, 0.2) is 5.96 Å². The number of guanidine groups is 1. The zero-order valence-electron chi connectivity index (χ0n) is 20.3. The van der Waals surface area contributed by atoms with Crippen molar-refractivity contribution in [3.63, 3.8) is 0 Å². The van der Waals surface area contributed by atoms with Crippen LogP contribution in [0.15, 0.2) is 4.99 Å². The van der Waals surface area contributed by atoms with Gasteiger partial charge in [-0.1, -0.05) is 0 Å². The molecule has 1 saturated heterocycles. The molecule has 0 aromatic carbocycles. The monoisotopic (exact) mass is 513 g/mol. The molecule has 1 heterocycles. The molecule has 0 aliphatic carbocycles. The summed E-state index contributed by atoms with van der Waals surface area (Å²) in [5.41, 5.74) is 21.2. The molecule has 0 aromatic heterocycles. The van der Waals surface area contributed by atoms with Gasteiger partial charge in [0.25, 0.3) is 0 Å². The Labute approximate surface area is 209 Å². The Morgan fingerprint density at radius 1 is 0.917 bits per heavy atom. The maximum atomic E-state index is 13.0. The van der Waals surface area contributed by atoms with Gasteiger partial charge < -0.3 is 49.3 Å². The Hall–Kier alpha value is -3.46. The first-order valence-corrected chi connectivity index (χ1v) is 12.0. The number of aliphatic imine (C=N–C) groups is 1. The van der Waals surface area contributed by atoms with E-state index in [9.17, 15) is 29.1 Å². The van der Waals surface area contributed by atoms with Gasteiger partial charge in [-0.15, -0.1) is 0 Å². The third-order valence-corrected chi connectivity index (χ3v) is 5.55. The number of rotatable bonds is 17. The Kier molecular flexibility index (Phi) is 13.8. The van der Waals surface area contributed by atoms with E-state index in [2.05, 4.69) is 26.3 Å². The summed E-state index contributed by atoms with van der Waals surface area (Å²) in [4.78, 5) is 65.3. The van der Waals surface area contributed by atoms with Crippen LogP contribution >= 0.6 is 0 Å². The first kappa shape index (κ1) is 30.6. The molecular formula is C21H39N9O6. The zero-order chi connectivity index (χ0) is 27.1. The van der Waals surface area contributed by atoms with E-state index in [1.54, 1.807) is 0 Å². The SMILES string of the molecule is NCCCCC(NC(=O)C1CCCN1)C(=O)NC(CC(N)=O)C(=O)NC(CCCN=C(N)N)C(=O)O. The number of unbranched alkanes of at least 4 members (excludes halogenated alkanes) is 1. The number of aliphatic carboxylic acids is 1. The van der Waals surface area contributed by atoms with Crippen molar-refractivity contribution in [1.82, 2.24) is 21.3 Å². The summed E-state index contributed by atoms with van der Waals surface area (Å²) >= 11 is 0. The molecule has 0 aromatic rings. The molecule has 4 amide bonds. The van der Waals surface area contributed by atoms with Crippen molar-refractivity contribution in [2.24, 2.45) is 27.9 Å². The summed E-state index contributed by atoms with van der Waals surface area (Å²) < 4.78 is 0. The highest BCUT2D eigenvalue weighted by molar-refractivity contribution is 5.96. The quantitative estimate of drug-likeness (QED) is 0.0522. The first-order valence-electron chi connectivity index (χ1n) is 12.0. The second-order valence-corrected chi connectivity index (χ2v) is 8.57. The van der Waals surface area contributed by atoms with E-state index in [4.69, 9.17) is 22.9 Å².